The fraction of sp³-hybridized carbons (Fsp3) is 0.579. The zero-order valence-electron chi connectivity index (χ0n) is 15.9. The molecule has 1 aromatic rings. The SMILES string of the molecule is Cl.Cl.NC[C@H]1CC[C@@H](C(=O)NCCC(=O)N2CCN(c3ccccc3)CC2)O1. The summed E-state index contributed by atoms with van der Waals surface area (Å²) in [6.07, 6.45) is 1.40. The second-order valence-electron chi connectivity index (χ2n) is 6.80. The summed E-state index contributed by atoms with van der Waals surface area (Å²) in [5.41, 5.74) is 6.75. The molecule has 7 nitrogen and oxygen atoms in total. The summed E-state index contributed by atoms with van der Waals surface area (Å²) in [7, 11) is 0. The molecule has 0 aliphatic carbocycles. The van der Waals surface area contributed by atoms with Crippen LogP contribution >= 0.6 is 24.8 Å². The van der Waals surface area contributed by atoms with Crippen molar-refractivity contribution in [3.05, 3.63) is 30.3 Å². The van der Waals surface area contributed by atoms with E-state index < -0.39 is 6.10 Å². The van der Waals surface area contributed by atoms with Crippen molar-refractivity contribution in [1.82, 2.24) is 10.2 Å². The minimum atomic E-state index is -0.423. The van der Waals surface area contributed by atoms with E-state index in [4.69, 9.17) is 10.5 Å². The molecule has 2 heterocycles. The van der Waals surface area contributed by atoms with Gasteiger partial charge in [0.05, 0.1) is 6.10 Å². The number of benzene rings is 1. The molecule has 2 saturated heterocycles. The van der Waals surface area contributed by atoms with Gasteiger partial charge in [-0.05, 0) is 25.0 Å². The van der Waals surface area contributed by atoms with Crippen molar-refractivity contribution in [3.63, 3.8) is 0 Å². The van der Waals surface area contributed by atoms with Gasteiger partial charge < -0.3 is 25.6 Å². The molecule has 0 radical (unpaired) electrons. The number of carbonyl (C=O) groups excluding carboxylic acids is 2. The van der Waals surface area contributed by atoms with E-state index in [1.165, 1.54) is 5.69 Å². The first kappa shape index (κ1) is 24.5. The maximum absolute atomic E-state index is 12.4. The van der Waals surface area contributed by atoms with Gasteiger partial charge in [0.2, 0.25) is 11.8 Å². The third-order valence-electron chi connectivity index (χ3n) is 5.05. The molecule has 28 heavy (non-hydrogen) atoms. The molecule has 158 valence electrons. The average molecular weight is 433 g/mol. The van der Waals surface area contributed by atoms with E-state index in [1.54, 1.807) is 0 Å². The van der Waals surface area contributed by atoms with Gasteiger partial charge in [0, 0.05) is 51.4 Å². The van der Waals surface area contributed by atoms with Crippen LogP contribution in [0.25, 0.3) is 0 Å². The number of amides is 2. The second kappa shape index (κ2) is 12.1. The lowest BCUT2D eigenvalue weighted by molar-refractivity contribution is -0.133. The molecular weight excluding hydrogens is 403 g/mol. The molecule has 2 aliphatic rings. The van der Waals surface area contributed by atoms with Gasteiger partial charge in [-0.3, -0.25) is 9.59 Å². The summed E-state index contributed by atoms with van der Waals surface area (Å²) in [6, 6.07) is 10.2. The minimum absolute atomic E-state index is 0. The summed E-state index contributed by atoms with van der Waals surface area (Å²) < 4.78 is 5.56. The van der Waals surface area contributed by atoms with Gasteiger partial charge >= 0.3 is 0 Å². The minimum Gasteiger partial charge on any atom is -0.368 e. The number of nitrogens with zero attached hydrogens (tertiary/aromatic N) is 2. The second-order valence-corrected chi connectivity index (χ2v) is 6.80. The van der Waals surface area contributed by atoms with Crippen LogP contribution in [0.5, 0.6) is 0 Å². The number of para-hydroxylation sites is 1. The van der Waals surface area contributed by atoms with E-state index in [2.05, 4.69) is 22.3 Å². The normalized spacial score (nSPS) is 21.5. The summed E-state index contributed by atoms with van der Waals surface area (Å²) in [4.78, 5) is 28.6. The first-order valence-corrected chi connectivity index (χ1v) is 9.38. The number of hydrogen-bond acceptors (Lipinski definition) is 5. The van der Waals surface area contributed by atoms with Crippen LogP contribution in [0.1, 0.15) is 19.3 Å². The monoisotopic (exact) mass is 432 g/mol. The Hall–Kier alpha value is -1.54. The summed E-state index contributed by atoms with van der Waals surface area (Å²) in [6.45, 7) is 3.88. The third-order valence-corrected chi connectivity index (χ3v) is 5.05. The summed E-state index contributed by atoms with van der Waals surface area (Å²) in [5, 5.41) is 2.81. The fourth-order valence-corrected chi connectivity index (χ4v) is 3.49. The fourth-order valence-electron chi connectivity index (χ4n) is 3.49. The maximum Gasteiger partial charge on any atom is 0.249 e. The van der Waals surface area contributed by atoms with Gasteiger partial charge in [-0.15, -0.1) is 24.8 Å². The van der Waals surface area contributed by atoms with E-state index in [0.717, 1.165) is 19.5 Å². The van der Waals surface area contributed by atoms with Crippen LogP contribution in [0.15, 0.2) is 30.3 Å². The number of nitrogens with two attached hydrogens (primary N) is 1. The van der Waals surface area contributed by atoms with Crippen LogP contribution in [-0.4, -0.2) is 68.2 Å². The van der Waals surface area contributed by atoms with Gasteiger partial charge in [0.25, 0.3) is 0 Å². The zero-order valence-corrected chi connectivity index (χ0v) is 17.6. The molecule has 3 rings (SSSR count). The molecule has 2 amide bonds. The van der Waals surface area contributed by atoms with Gasteiger partial charge in [-0.25, -0.2) is 0 Å². The van der Waals surface area contributed by atoms with Crippen LogP contribution in [0.3, 0.4) is 0 Å². The predicted molar refractivity (Wildman–Crippen MR) is 114 cm³/mol. The number of ether oxygens (including phenoxy) is 1. The highest BCUT2D eigenvalue weighted by Gasteiger charge is 2.29. The van der Waals surface area contributed by atoms with Crippen LogP contribution in [-0.2, 0) is 14.3 Å². The van der Waals surface area contributed by atoms with Gasteiger partial charge in [0.15, 0.2) is 0 Å². The van der Waals surface area contributed by atoms with Gasteiger partial charge in [0.1, 0.15) is 6.10 Å². The van der Waals surface area contributed by atoms with E-state index >= 15 is 0 Å². The topological polar surface area (TPSA) is 87.9 Å². The number of piperazine rings is 1. The molecular formula is C19H30Cl2N4O3. The molecule has 1 aromatic carbocycles. The van der Waals surface area contributed by atoms with E-state index in [9.17, 15) is 9.59 Å². The van der Waals surface area contributed by atoms with Gasteiger partial charge in [-0.2, -0.15) is 0 Å². The van der Waals surface area contributed by atoms with Crippen molar-refractivity contribution in [2.24, 2.45) is 5.73 Å². The third kappa shape index (κ3) is 6.51. The van der Waals surface area contributed by atoms with Crippen molar-refractivity contribution >= 4 is 42.3 Å². The Balaban J connectivity index is 0.00000196. The van der Waals surface area contributed by atoms with Crippen LogP contribution in [0.2, 0.25) is 0 Å². The number of carbonyl (C=O) groups is 2. The quantitative estimate of drug-likeness (QED) is 0.704. The molecule has 0 spiro atoms. The Morgan fingerprint density at radius 3 is 2.36 bits per heavy atom. The maximum atomic E-state index is 12.4. The number of nitrogens with one attached hydrogen (secondary N) is 1. The van der Waals surface area contributed by atoms with E-state index in [1.807, 2.05) is 23.1 Å². The average Bonchev–Trinajstić information content (AvgIpc) is 3.18. The molecule has 2 aliphatic heterocycles. The van der Waals surface area contributed by atoms with Crippen LogP contribution < -0.4 is 16.0 Å². The molecule has 2 fully saturated rings. The van der Waals surface area contributed by atoms with E-state index in [-0.39, 0.29) is 42.7 Å². The predicted octanol–water partition coefficient (Wildman–Crippen LogP) is 1.19. The van der Waals surface area contributed by atoms with Crippen LogP contribution in [0.4, 0.5) is 5.69 Å². The molecule has 0 bridgehead atoms. The first-order chi connectivity index (χ1) is 12.7. The number of rotatable bonds is 6. The zero-order chi connectivity index (χ0) is 18.4. The number of hydrogen-bond donors (Lipinski definition) is 2. The van der Waals surface area contributed by atoms with Crippen molar-refractivity contribution < 1.29 is 14.3 Å². The molecule has 3 N–H and O–H groups in total. The Morgan fingerprint density at radius 1 is 1.07 bits per heavy atom. The smallest absolute Gasteiger partial charge is 0.249 e. The van der Waals surface area contributed by atoms with Gasteiger partial charge in [-0.1, -0.05) is 18.2 Å². The highest BCUT2D eigenvalue weighted by Crippen LogP contribution is 2.19. The lowest BCUT2D eigenvalue weighted by Gasteiger charge is -2.36. The summed E-state index contributed by atoms with van der Waals surface area (Å²) >= 11 is 0. The lowest BCUT2D eigenvalue weighted by Crippen LogP contribution is -2.49. The molecule has 0 saturated carbocycles. The molecule has 9 heteroatoms. The van der Waals surface area contributed by atoms with Crippen molar-refractivity contribution in [3.8, 4) is 0 Å². The van der Waals surface area contributed by atoms with Crippen LogP contribution in [0, 0.1) is 0 Å². The summed E-state index contributed by atoms with van der Waals surface area (Å²) in [5.74, 6) is -0.0483. The Labute approximate surface area is 178 Å². The first-order valence-electron chi connectivity index (χ1n) is 9.38. The Kier molecular flexibility index (Phi) is 10.6. The molecule has 0 aromatic heterocycles. The standard InChI is InChI=1S/C19H28N4O3.2ClH/c20-14-16-6-7-17(26-16)19(25)21-9-8-18(24)23-12-10-22(11-13-23)15-4-2-1-3-5-15;;/h1-5,16-17H,6-14,20H2,(H,21,25);2*1H/t16-,17+;;/m1../s1. The largest absolute Gasteiger partial charge is 0.368 e. The number of halogens is 2. The number of anilines is 1. The van der Waals surface area contributed by atoms with Crippen molar-refractivity contribution in [2.75, 3.05) is 44.2 Å². The lowest BCUT2D eigenvalue weighted by atomic mass is 10.2. The highest BCUT2D eigenvalue weighted by atomic mass is 35.5. The van der Waals surface area contributed by atoms with Crippen molar-refractivity contribution in [2.45, 2.75) is 31.5 Å². The highest BCUT2D eigenvalue weighted by molar-refractivity contribution is 5.85. The molecule has 0 unspecified atom stereocenters. The Bertz CT molecular complexity index is 612. The van der Waals surface area contributed by atoms with E-state index in [0.29, 0.717) is 39.0 Å². The molecule has 2 atom stereocenters. The Morgan fingerprint density at radius 2 is 1.75 bits per heavy atom. The van der Waals surface area contributed by atoms with Crippen molar-refractivity contribution in [1.29, 1.82) is 0 Å².